The van der Waals surface area contributed by atoms with Gasteiger partial charge in [0.2, 0.25) is 0 Å². The normalized spacial score (nSPS) is 18.4. The number of carbonyl (C=O) groups is 1. The second-order valence-corrected chi connectivity index (χ2v) is 7.18. The Kier molecular flexibility index (Phi) is 6.05. The molecule has 1 aliphatic carbocycles. The molecule has 140 valence electrons. The molecule has 0 aromatic heterocycles. The van der Waals surface area contributed by atoms with E-state index in [9.17, 15) is 18.0 Å². The molecule has 0 radical (unpaired) electrons. The van der Waals surface area contributed by atoms with E-state index < -0.39 is 22.7 Å². The minimum absolute atomic E-state index is 0.137. The number of alkyl halides is 3. The number of amides is 1. The molecule has 0 spiro atoms. The number of likely N-dealkylation sites (N-methyl/N-ethyl adjacent to an activating group) is 1. The fourth-order valence-corrected chi connectivity index (χ4v) is 4.19. The van der Waals surface area contributed by atoms with Gasteiger partial charge in [0.15, 0.2) is 0 Å². The minimum Gasteiger partial charge on any atom is -0.347 e. The average Bonchev–Trinajstić information content (AvgIpc) is 3.02. The molecule has 2 rings (SSSR count). The maximum atomic E-state index is 13.0. The first-order valence-corrected chi connectivity index (χ1v) is 8.85. The molecule has 1 N–H and O–H groups in total. The lowest BCUT2D eigenvalue weighted by Crippen LogP contribution is -2.58. The highest BCUT2D eigenvalue weighted by Crippen LogP contribution is 2.39. The monoisotopic (exact) mass is 376 g/mol. The number of nitrogens with one attached hydrogen (secondary N) is 1. The van der Waals surface area contributed by atoms with Crippen molar-refractivity contribution in [3.05, 3.63) is 34.3 Å². The number of nitrogens with zero attached hydrogens (tertiary/aromatic N) is 1. The summed E-state index contributed by atoms with van der Waals surface area (Å²) in [5.41, 5.74) is -1.29. The number of halogens is 4. The van der Waals surface area contributed by atoms with Gasteiger partial charge in [-0.15, -0.1) is 0 Å². The van der Waals surface area contributed by atoms with E-state index in [1.807, 2.05) is 21.0 Å². The van der Waals surface area contributed by atoms with Crippen molar-refractivity contribution in [2.45, 2.75) is 56.8 Å². The molecule has 0 bridgehead atoms. The van der Waals surface area contributed by atoms with Crippen molar-refractivity contribution in [1.82, 2.24) is 10.2 Å². The van der Waals surface area contributed by atoms with E-state index in [1.54, 1.807) is 0 Å². The zero-order chi connectivity index (χ0) is 18.8. The van der Waals surface area contributed by atoms with Crippen molar-refractivity contribution < 1.29 is 18.0 Å². The van der Waals surface area contributed by atoms with Crippen LogP contribution in [0.3, 0.4) is 0 Å². The van der Waals surface area contributed by atoms with E-state index in [-0.39, 0.29) is 17.1 Å². The predicted octanol–water partition coefficient (Wildman–Crippen LogP) is 4.74. The largest absolute Gasteiger partial charge is 0.417 e. The molecule has 0 saturated heterocycles. The summed E-state index contributed by atoms with van der Waals surface area (Å²) in [6.45, 7) is 1.97. The second kappa shape index (κ2) is 7.54. The number of hydrogen-bond acceptors (Lipinski definition) is 2. The van der Waals surface area contributed by atoms with Crippen LogP contribution in [0.15, 0.2) is 18.2 Å². The molecular formula is C18H24ClF3N2O. The second-order valence-electron chi connectivity index (χ2n) is 6.80. The van der Waals surface area contributed by atoms with Gasteiger partial charge in [-0.05, 0) is 45.5 Å². The lowest BCUT2D eigenvalue weighted by Gasteiger charge is -2.43. The third kappa shape index (κ3) is 3.95. The van der Waals surface area contributed by atoms with Gasteiger partial charge in [0.25, 0.3) is 5.91 Å². The zero-order valence-corrected chi connectivity index (χ0v) is 15.5. The summed E-state index contributed by atoms with van der Waals surface area (Å²) >= 11 is 5.88. The fraction of sp³-hybridized carbons (Fsp3) is 0.611. The van der Waals surface area contributed by atoms with Crippen LogP contribution < -0.4 is 5.32 Å². The van der Waals surface area contributed by atoms with Gasteiger partial charge < -0.3 is 10.2 Å². The average molecular weight is 377 g/mol. The predicted molar refractivity (Wildman–Crippen MR) is 92.9 cm³/mol. The van der Waals surface area contributed by atoms with Crippen LogP contribution in [0.1, 0.15) is 54.9 Å². The number of carbonyl (C=O) groups excluding carboxylic acids is 1. The molecular weight excluding hydrogens is 353 g/mol. The first kappa shape index (κ1) is 20.0. The highest BCUT2D eigenvalue weighted by atomic mass is 35.5. The van der Waals surface area contributed by atoms with Crippen LogP contribution in [0.5, 0.6) is 0 Å². The summed E-state index contributed by atoms with van der Waals surface area (Å²) in [6, 6.07) is 3.27. The number of hydrogen-bond donors (Lipinski definition) is 1. The maximum Gasteiger partial charge on any atom is 0.417 e. The Hall–Kier alpha value is -1.27. The highest BCUT2D eigenvalue weighted by molar-refractivity contribution is 6.34. The summed E-state index contributed by atoms with van der Waals surface area (Å²) in [7, 11) is 3.97. The molecule has 0 aliphatic heterocycles. The van der Waals surface area contributed by atoms with E-state index >= 15 is 0 Å². The molecule has 1 amide bonds. The molecule has 7 heteroatoms. The summed E-state index contributed by atoms with van der Waals surface area (Å²) in [6.07, 6.45) is 0.169. The third-order valence-corrected chi connectivity index (χ3v) is 5.68. The van der Waals surface area contributed by atoms with Crippen molar-refractivity contribution in [3.8, 4) is 0 Å². The zero-order valence-electron chi connectivity index (χ0n) is 14.7. The van der Waals surface area contributed by atoms with Crippen LogP contribution in [0.2, 0.25) is 5.02 Å². The van der Waals surface area contributed by atoms with E-state index in [2.05, 4.69) is 10.2 Å². The summed E-state index contributed by atoms with van der Waals surface area (Å²) < 4.78 is 39.0. The SMILES string of the molecule is CCC(NC(=O)c1cccc(C(F)(F)F)c1Cl)C1(N(C)C)CCCC1. The Morgan fingerprint density at radius 2 is 1.92 bits per heavy atom. The van der Waals surface area contributed by atoms with Crippen LogP contribution in [0.25, 0.3) is 0 Å². The van der Waals surface area contributed by atoms with Crippen molar-refractivity contribution >= 4 is 17.5 Å². The van der Waals surface area contributed by atoms with Gasteiger partial charge in [-0.2, -0.15) is 13.2 Å². The molecule has 1 atom stereocenters. The smallest absolute Gasteiger partial charge is 0.347 e. The van der Waals surface area contributed by atoms with Gasteiger partial charge in [-0.3, -0.25) is 4.79 Å². The molecule has 3 nitrogen and oxygen atoms in total. The molecule has 1 aliphatic rings. The van der Waals surface area contributed by atoms with E-state index in [0.717, 1.165) is 31.7 Å². The van der Waals surface area contributed by atoms with E-state index in [1.165, 1.54) is 12.1 Å². The third-order valence-electron chi connectivity index (χ3n) is 5.27. The Bertz CT molecular complexity index is 625. The fourth-order valence-electron chi connectivity index (χ4n) is 3.87. The topological polar surface area (TPSA) is 32.3 Å². The molecule has 1 aromatic rings. The highest BCUT2D eigenvalue weighted by Gasteiger charge is 2.43. The lowest BCUT2D eigenvalue weighted by molar-refractivity contribution is -0.137. The van der Waals surface area contributed by atoms with Gasteiger partial charge >= 0.3 is 6.18 Å². The number of benzene rings is 1. The summed E-state index contributed by atoms with van der Waals surface area (Å²) in [5, 5.41) is 2.39. The van der Waals surface area contributed by atoms with Crippen LogP contribution >= 0.6 is 11.6 Å². The van der Waals surface area contributed by atoms with Crippen molar-refractivity contribution in [3.63, 3.8) is 0 Å². The molecule has 1 saturated carbocycles. The molecule has 1 aromatic carbocycles. The van der Waals surface area contributed by atoms with Gasteiger partial charge in [-0.25, -0.2) is 0 Å². The Labute approximate surface area is 151 Å². The van der Waals surface area contributed by atoms with Crippen molar-refractivity contribution in [2.24, 2.45) is 0 Å². The number of rotatable bonds is 5. The molecule has 0 heterocycles. The van der Waals surface area contributed by atoms with Gasteiger partial charge in [0.1, 0.15) is 0 Å². The van der Waals surface area contributed by atoms with E-state index in [4.69, 9.17) is 11.6 Å². The van der Waals surface area contributed by atoms with Crippen molar-refractivity contribution in [2.75, 3.05) is 14.1 Å². The molecule has 1 unspecified atom stereocenters. The first-order chi connectivity index (χ1) is 11.6. The Morgan fingerprint density at radius 3 is 2.40 bits per heavy atom. The van der Waals surface area contributed by atoms with Gasteiger partial charge in [0, 0.05) is 11.6 Å². The maximum absolute atomic E-state index is 13.0. The van der Waals surface area contributed by atoms with Crippen LogP contribution in [0.4, 0.5) is 13.2 Å². The minimum atomic E-state index is -4.59. The van der Waals surface area contributed by atoms with Crippen LogP contribution in [0, 0.1) is 0 Å². The standard InChI is InChI=1S/C18H24ClF3N2O/c1-4-14(17(24(2)3)10-5-6-11-17)23-16(25)12-8-7-9-13(15(12)19)18(20,21)22/h7-9,14H,4-6,10-11H2,1-3H3,(H,23,25). The van der Waals surface area contributed by atoms with Crippen LogP contribution in [-0.4, -0.2) is 36.5 Å². The van der Waals surface area contributed by atoms with Crippen molar-refractivity contribution in [1.29, 1.82) is 0 Å². The summed E-state index contributed by atoms with van der Waals surface area (Å²) in [4.78, 5) is 14.8. The molecule has 1 fully saturated rings. The van der Waals surface area contributed by atoms with Crippen LogP contribution in [-0.2, 0) is 6.18 Å². The first-order valence-electron chi connectivity index (χ1n) is 8.47. The lowest BCUT2D eigenvalue weighted by atomic mass is 9.85. The summed E-state index contributed by atoms with van der Waals surface area (Å²) in [5.74, 6) is -0.559. The van der Waals surface area contributed by atoms with Gasteiger partial charge in [0.05, 0.1) is 16.1 Å². The Balaban J connectivity index is 2.29. The van der Waals surface area contributed by atoms with Gasteiger partial charge in [-0.1, -0.05) is 37.4 Å². The molecule has 25 heavy (non-hydrogen) atoms. The Morgan fingerprint density at radius 1 is 1.32 bits per heavy atom. The quantitative estimate of drug-likeness (QED) is 0.804. The van der Waals surface area contributed by atoms with E-state index in [0.29, 0.717) is 6.42 Å².